The number of piperazine rings is 1. The Balaban J connectivity index is 1.13. The minimum Gasteiger partial charge on any atom is -0.484 e. The van der Waals surface area contributed by atoms with Gasteiger partial charge in [-0.1, -0.05) is 12.1 Å². The standard InChI is InChI=1S/C26H35FN6O4/c1-31-10-12-32(13-11-31)16-19-2-5-21(6-3-19)36-18-25(34)30-9-8-29-24-7-4-20(14-23(24)27)33-17-22(15-28)37-26(33)35/h2-7,14,22,29H,8-13,15-18,28H2,1H3,(H,30,34)/t22-/m0/s1. The molecule has 2 heterocycles. The van der Waals surface area contributed by atoms with Crippen molar-refractivity contribution in [3.8, 4) is 5.75 Å². The van der Waals surface area contributed by atoms with Crippen LogP contribution in [0.15, 0.2) is 42.5 Å². The summed E-state index contributed by atoms with van der Waals surface area (Å²) in [4.78, 5) is 30.1. The molecule has 4 rings (SSSR count). The highest BCUT2D eigenvalue weighted by atomic mass is 19.1. The quantitative estimate of drug-likeness (QED) is 0.387. The number of nitrogens with one attached hydrogen (secondary N) is 2. The summed E-state index contributed by atoms with van der Waals surface area (Å²) in [5, 5.41) is 5.69. The highest BCUT2D eigenvalue weighted by Crippen LogP contribution is 2.25. The Morgan fingerprint density at radius 3 is 2.57 bits per heavy atom. The fraction of sp³-hybridized carbons (Fsp3) is 0.462. The molecule has 2 saturated heterocycles. The summed E-state index contributed by atoms with van der Waals surface area (Å²) in [6.45, 7) is 6.22. The molecule has 11 heteroatoms. The van der Waals surface area contributed by atoms with Gasteiger partial charge in [-0.15, -0.1) is 0 Å². The molecule has 0 saturated carbocycles. The third-order valence-electron chi connectivity index (χ3n) is 6.46. The number of rotatable bonds is 11. The molecule has 2 amide bonds. The number of carbonyl (C=O) groups is 2. The van der Waals surface area contributed by atoms with Crippen LogP contribution in [0, 0.1) is 5.82 Å². The maximum Gasteiger partial charge on any atom is 0.414 e. The molecule has 0 aliphatic carbocycles. The topological polar surface area (TPSA) is 112 Å². The Morgan fingerprint density at radius 1 is 1.14 bits per heavy atom. The van der Waals surface area contributed by atoms with Crippen molar-refractivity contribution < 1.29 is 23.5 Å². The van der Waals surface area contributed by atoms with E-state index in [2.05, 4.69) is 27.5 Å². The minimum absolute atomic E-state index is 0.101. The first-order valence-corrected chi connectivity index (χ1v) is 12.5. The number of halogens is 1. The first kappa shape index (κ1) is 26.6. The van der Waals surface area contributed by atoms with Crippen molar-refractivity contribution in [2.45, 2.75) is 12.6 Å². The molecule has 2 fully saturated rings. The predicted octanol–water partition coefficient (Wildman–Crippen LogP) is 1.46. The summed E-state index contributed by atoms with van der Waals surface area (Å²) < 4.78 is 25.2. The number of ether oxygens (including phenoxy) is 2. The van der Waals surface area contributed by atoms with E-state index < -0.39 is 18.0 Å². The fourth-order valence-corrected chi connectivity index (χ4v) is 4.22. The van der Waals surface area contributed by atoms with Gasteiger partial charge < -0.3 is 30.7 Å². The van der Waals surface area contributed by atoms with Crippen LogP contribution in [0.4, 0.5) is 20.6 Å². The molecule has 0 aromatic heterocycles. The molecule has 2 aromatic carbocycles. The zero-order valence-electron chi connectivity index (χ0n) is 21.1. The lowest BCUT2D eigenvalue weighted by Crippen LogP contribution is -2.43. The number of cyclic esters (lactones) is 1. The monoisotopic (exact) mass is 514 g/mol. The van der Waals surface area contributed by atoms with Gasteiger partial charge in [0.2, 0.25) is 0 Å². The zero-order chi connectivity index (χ0) is 26.2. The Kier molecular flexibility index (Phi) is 9.15. The summed E-state index contributed by atoms with van der Waals surface area (Å²) in [5.41, 5.74) is 7.43. The average Bonchev–Trinajstić information content (AvgIpc) is 3.29. The van der Waals surface area contributed by atoms with E-state index in [-0.39, 0.29) is 31.3 Å². The lowest BCUT2D eigenvalue weighted by Gasteiger charge is -2.32. The number of benzene rings is 2. The number of nitrogens with two attached hydrogens (primary N) is 1. The number of hydrogen-bond acceptors (Lipinski definition) is 8. The van der Waals surface area contributed by atoms with Crippen LogP contribution in [0.1, 0.15) is 5.56 Å². The average molecular weight is 515 g/mol. The van der Waals surface area contributed by atoms with Crippen molar-refractivity contribution in [1.29, 1.82) is 0 Å². The highest BCUT2D eigenvalue weighted by molar-refractivity contribution is 5.90. The molecule has 0 spiro atoms. The number of nitrogens with zero attached hydrogens (tertiary/aromatic N) is 3. The zero-order valence-corrected chi connectivity index (χ0v) is 21.1. The van der Waals surface area contributed by atoms with Crippen molar-refractivity contribution in [1.82, 2.24) is 15.1 Å². The van der Waals surface area contributed by atoms with Crippen LogP contribution in [0.3, 0.4) is 0 Å². The third-order valence-corrected chi connectivity index (χ3v) is 6.46. The van der Waals surface area contributed by atoms with Crippen LogP contribution in [0.25, 0.3) is 0 Å². The van der Waals surface area contributed by atoms with Gasteiger partial charge in [-0.2, -0.15) is 0 Å². The van der Waals surface area contributed by atoms with Crippen LogP contribution in [0.5, 0.6) is 5.75 Å². The van der Waals surface area contributed by atoms with E-state index in [1.165, 1.54) is 16.5 Å². The van der Waals surface area contributed by atoms with E-state index in [1.807, 2.05) is 24.3 Å². The molecule has 2 aliphatic heterocycles. The van der Waals surface area contributed by atoms with Crippen molar-refractivity contribution in [2.24, 2.45) is 5.73 Å². The summed E-state index contributed by atoms with van der Waals surface area (Å²) in [6.07, 6.45) is -0.936. The minimum atomic E-state index is -0.540. The molecule has 1 atom stereocenters. The van der Waals surface area contributed by atoms with Gasteiger partial charge in [-0.3, -0.25) is 14.6 Å². The lowest BCUT2D eigenvalue weighted by molar-refractivity contribution is -0.123. The second-order valence-electron chi connectivity index (χ2n) is 9.31. The van der Waals surface area contributed by atoms with Crippen molar-refractivity contribution in [2.75, 3.05) is 76.2 Å². The number of likely N-dealkylation sites (N-methyl/N-ethyl adjacent to an activating group) is 1. The molecule has 2 aliphatic rings. The molecule has 0 radical (unpaired) electrons. The largest absolute Gasteiger partial charge is 0.484 e. The van der Waals surface area contributed by atoms with Gasteiger partial charge in [-0.05, 0) is 42.9 Å². The number of anilines is 2. The van der Waals surface area contributed by atoms with Gasteiger partial charge in [0.05, 0.1) is 17.9 Å². The van der Waals surface area contributed by atoms with Crippen molar-refractivity contribution in [3.63, 3.8) is 0 Å². The molecule has 37 heavy (non-hydrogen) atoms. The van der Waals surface area contributed by atoms with Crippen LogP contribution in [-0.2, 0) is 16.1 Å². The smallest absolute Gasteiger partial charge is 0.414 e. The highest BCUT2D eigenvalue weighted by Gasteiger charge is 2.31. The first-order valence-electron chi connectivity index (χ1n) is 12.5. The van der Waals surface area contributed by atoms with Gasteiger partial charge >= 0.3 is 6.09 Å². The third kappa shape index (κ3) is 7.54. The van der Waals surface area contributed by atoms with Gasteiger partial charge in [0.25, 0.3) is 5.91 Å². The Labute approximate surface area is 216 Å². The van der Waals surface area contributed by atoms with Crippen molar-refractivity contribution in [3.05, 3.63) is 53.8 Å². The van der Waals surface area contributed by atoms with Crippen LogP contribution < -0.4 is 26.0 Å². The van der Waals surface area contributed by atoms with Crippen LogP contribution in [0.2, 0.25) is 0 Å². The number of amides is 2. The summed E-state index contributed by atoms with van der Waals surface area (Å²) in [7, 11) is 2.14. The molecule has 4 N–H and O–H groups in total. The molecular weight excluding hydrogens is 479 g/mol. The van der Waals surface area contributed by atoms with E-state index in [1.54, 1.807) is 12.1 Å². The van der Waals surface area contributed by atoms with E-state index in [0.29, 0.717) is 24.5 Å². The predicted molar refractivity (Wildman–Crippen MR) is 139 cm³/mol. The second-order valence-corrected chi connectivity index (χ2v) is 9.31. The number of carbonyl (C=O) groups excluding carboxylic acids is 2. The maximum absolute atomic E-state index is 14.5. The van der Waals surface area contributed by atoms with E-state index in [9.17, 15) is 14.0 Å². The molecule has 0 unspecified atom stereocenters. The molecular formula is C26H35FN6O4. The number of hydrogen-bond donors (Lipinski definition) is 3. The van der Waals surface area contributed by atoms with Gasteiger partial charge in [0.15, 0.2) is 6.61 Å². The Morgan fingerprint density at radius 2 is 1.89 bits per heavy atom. The molecule has 10 nitrogen and oxygen atoms in total. The summed E-state index contributed by atoms with van der Waals surface area (Å²) in [5.74, 6) is -0.134. The van der Waals surface area contributed by atoms with E-state index in [4.69, 9.17) is 15.2 Å². The maximum atomic E-state index is 14.5. The lowest BCUT2D eigenvalue weighted by atomic mass is 10.2. The second kappa shape index (κ2) is 12.7. The van der Waals surface area contributed by atoms with E-state index >= 15 is 0 Å². The normalized spacial score (nSPS) is 18.5. The Bertz CT molecular complexity index is 1060. The fourth-order valence-electron chi connectivity index (χ4n) is 4.22. The van der Waals surface area contributed by atoms with E-state index in [0.717, 1.165) is 32.7 Å². The van der Waals surface area contributed by atoms with Gasteiger partial charge in [0, 0.05) is 52.4 Å². The summed E-state index contributed by atoms with van der Waals surface area (Å²) in [6, 6.07) is 12.3. The summed E-state index contributed by atoms with van der Waals surface area (Å²) >= 11 is 0. The van der Waals surface area contributed by atoms with Crippen LogP contribution in [-0.4, -0.2) is 93.9 Å². The molecule has 2 aromatic rings. The van der Waals surface area contributed by atoms with Crippen molar-refractivity contribution >= 4 is 23.4 Å². The van der Waals surface area contributed by atoms with Crippen LogP contribution >= 0.6 is 0 Å². The Hall–Kier alpha value is -3.41. The van der Waals surface area contributed by atoms with Gasteiger partial charge in [0.1, 0.15) is 17.7 Å². The molecule has 0 bridgehead atoms. The SMILES string of the molecule is CN1CCN(Cc2ccc(OCC(=O)NCCNc3ccc(N4C[C@H](CN)OC4=O)cc3F)cc2)CC1. The first-order chi connectivity index (χ1) is 17.9. The van der Waals surface area contributed by atoms with Gasteiger partial charge in [-0.25, -0.2) is 9.18 Å². The molecule has 200 valence electrons.